The zero-order valence-corrected chi connectivity index (χ0v) is 16.3. The lowest BCUT2D eigenvalue weighted by Crippen LogP contribution is -2.50. The molecule has 0 bridgehead atoms. The molecule has 0 radical (unpaired) electrons. The number of rotatable bonds is 2. The van der Waals surface area contributed by atoms with Gasteiger partial charge in [-0.05, 0) is 25.5 Å². The van der Waals surface area contributed by atoms with Crippen LogP contribution in [0.1, 0.15) is 29.7 Å². The van der Waals surface area contributed by atoms with Crippen molar-refractivity contribution in [3.63, 3.8) is 0 Å². The monoisotopic (exact) mass is 398 g/mol. The average Bonchev–Trinajstić information content (AvgIpc) is 3.27. The number of hydrogen-bond acceptors (Lipinski definition) is 7. The molecule has 3 aromatic rings. The predicted molar refractivity (Wildman–Crippen MR) is 106 cm³/mol. The van der Waals surface area contributed by atoms with Gasteiger partial charge in [-0.1, -0.05) is 11.6 Å². The van der Waals surface area contributed by atoms with E-state index in [0.29, 0.717) is 10.7 Å². The maximum absolute atomic E-state index is 11.8. The van der Waals surface area contributed by atoms with Gasteiger partial charge in [0.2, 0.25) is 0 Å². The zero-order valence-electron chi connectivity index (χ0n) is 15.5. The second-order valence-electron chi connectivity index (χ2n) is 7.57. The van der Waals surface area contributed by atoms with E-state index in [1.54, 1.807) is 6.20 Å². The third-order valence-corrected chi connectivity index (χ3v) is 5.95. The van der Waals surface area contributed by atoms with Crippen molar-refractivity contribution in [3.05, 3.63) is 41.3 Å². The molecule has 1 N–H and O–H groups in total. The van der Waals surface area contributed by atoms with E-state index in [1.165, 1.54) is 7.11 Å². The highest BCUT2D eigenvalue weighted by Gasteiger charge is 2.46. The Morgan fingerprint density at radius 1 is 1.39 bits per heavy atom. The topological polar surface area (TPSA) is 85.2 Å². The molecule has 1 fully saturated rings. The van der Waals surface area contributed by atoms with Crippen LogP contribution in [0.3, 0.4) is 0 Å². The second kappa shape index (κ2) is 6.07. The Hall–Kier alpha value is -2.87. The number of methoxy groups -OCH3 is 1. The molecular formula is C19H19ClN6O2. The molecule has 2 aliphatic rings. The van der Waals surface area contributed by atoms with E-state index in [9.17, 15) is 4.79 Å². The minimum atomic E-state index is -0.381. The lowest BCUT2D eigenvalue weighted by atomic mass is 9.95. The fourth-order valence-electron chi connectivity index (χ4n) is 4.39. The lowest BCUT2D eigenvalue weighted by Gasteiger charge is -2.41. The van der Waals surface area contributed by atoms with Gasteiger partial charge in [0.05, 0.1) is 29.9 Å². The molecule has 2 aliphatic heterocycles. The Balaban J connectivity index is 1.51. The third kappa shape index (κ3) is 2.51. The number of halogens is 1. The first kappa shape index (κ1) is 17.2. The number of fused-ring (bicyclic) bond motifs is 4. The molecule has 0 saturated carbocycles. The van der Waals surface area contributed by atoms with Crippen LogP contribution < -0.4 is 10.2 Å². The van der Waals surface area contributed by atoms with Gasteiger partial charge >= 0.3 is 5.97 Å². The summed E-state index contributed by atoms with van der Waals surface area (Å²) >= 11 is 6.10. The molecule has 9 heteroatoms. The highest BCUT2D eigenvalue weighted by atomic mass is 35.5. The molecule has 144 valence electrons. The van der Waals surface area contributed by atoms with Gasteiger partial charge in [-0.3, -0.25) is 0 Å². The molecule has 5 heterocycles. The van der Waals surface area contributed by atoms with Crippen LogP contribution in [0.4, 0.5) is 11.5 Å². The number of hydrogen-bond donors (Lipinski definition) is 1. The van der Waals surface area contributed by atoms with Gasteiger partial charge in [0.15, 0.2) is 11.0 Å². The summed E-state index contributed by atoms with van der Waals surface area (Å²) in [4.78, 5) is 18.7. The number of ether oxygens (including phenoxy) is 1. The maximum atomic E-state index is 11.8. The Morgan fingerprint density at radius 3 is 3.07 bits per heavy atom. The van der Waals surface area contributed by atoms with E-state index >= 15 is 0 Å². The van der Waals surface area contributed by atoms with Gasteiger partial charge in [-0.15, -0.1) is 10.2 Å². The molecule has 5 rings (SSSR count). The zero-order chi connectivity index (χ0) is 19.5. The summed E-state index contributed by atoms with van der Waals surface area (Å²) in [5.74, 6) is 0.383. The fraction of sp³-hybridized carbons (Fsp3) is 0.368. The van der Waals surface area contributed by atoms with E-state index in [4.69, 9.17) is 16.3 Å². The molecule has 0 aliphatic carbocycles. The van der Waals surface area contributed by atoms with Gasteiger partial charge in [-0.2, -0.15) is 0 Å². The van der Waals surface area contributed by atoms with Crippen molar-refractivity contribution < 1.29 is 9.53 Å². The van der Waals surface area contributed by atoms with Crippen molar-refractivity contribution in [2.75, 3.05) is 30.4 Å². The SMILES string of the molecule is COC(=O)c1cnc2c(ccn2[C@H]2CN3c4cc(Cl)nnc4NC[C@]3(C)C2)c1. The van der Waals surface area contributed by atoms with Crippen molar-refractivity contribution >= 4 is 40.1 Å². The number of pyridine rings is 1. The molecule has 1 saturated heterocycles. The molecule has 0 aromatic carbocycles. The molecule has 3 aromatic heterocycles. The van der Waals surface area contributed by atoms with E-state index in [1.807, 2.05) is 24.4 Å². The van der Waals surface area contributed by atoms with Crippen LogP contribution in [0.15, 0.2) is 30.6 Å². The Labute approximate surface area is 166 Å². The minimum Gasteiger partial charge on any atom is -0.465 e. The van der Waals surface area contributed by atoms with Crippen molar-refractivity contribution in [1.82, 2.24) is 19.7 Å². The van der Waals surface area contributed by atoms with Crippen molar-refractivity contribution in [3.8, 4) is 0 Å². The first-order valence-electron chi connectivity index (χ1n) is 9.08. The first-order chi connectivity index (χ1) is 13.5. The van der Waals surface area contributed by atoms with E-state index < -0.39 is 0 Å². The normalized spacial score (nSPS) is 23.2. The Kier molecular flexibility index (Phi) is 3.74. The van der Waals surface area contributed by atoms with Crippen molar-refractivity contribution in [2.24, 2.45) is 0 Å². The van der Waals surface area contributed by atoms with Crippen LogP contribution in [-0.2, 0) is 4.74 Å². The summed E-state index contributed by atoms with van der Waals surface area (Å²) < 4.78 is 6.98. The van der Waals surface area contributed by atoms with Crippen molar-refractivity contribution in [1.29, 1.82) is 0 Å². The summed E-state index contributed by atoms with van der Waals surface area (Å²) in [6, 6.07) is 5.91. The van der Waals surface area contributed by atoms with Crippen LogP contribution in [0.5, 0.6) is 0 Å². The van der Waals surface area contributed by atoms with Crippen LogP contribution in [-0.4, -0.2) is 51.5 Å². The Bertz CT molecular complexity index is 1100. The highest BCUT2D eigenvalue weighted by Crippen LogP contribution is 2.45. The molecule has 28 heavy (non-hydrogen) atoms. The Morgan fingerprint density at radius 2 is 2.25 bits per heavy atom. The minimum absolute atomic E-state index is 0.0629. The second-order valence-corrected chi connectivity index (χ2v) is 7.96. The first-order valence-corrected chi connectivity index (χ1v) is 9.46. The summed E-state index contributed by atoms with van der Waals surface area (Å²) in [5.41, 5.74) is 2.23. The predicted octanol–water partition coefficient (Wildman–Crippen LogP) is 2.90. The summed E-state index contributed by atoms with van der Waals surface area (Å²) in [6.07, 6.45) is 4.56. The van der Waals surface area contributed by atoms with E-state index in [0.717, 1.165) is 42.0 Å². The lowest BCUT2D eigenvalue weighted by molar-refractivity contribution is 0.0600. The number of carbonyl (C=O) groups is 1. The van der Waals surface area contributed by atoms with Gasteiger partial charge in [0, 0.05) is 36.9 Å². The van der Waals surface area contributed by atoms with Gasteiger partial charge in [0.25, 0.3) is 0 Å². The van der Waals surface area contributed by atoms with Crippen LogP contribution >= 0.6 is 11.6 Å². The van der Waals surface area contributed by atoms with Crippen molar-refractivity contribution in [2.45, 2.75) is 24.9 Å². The number of nitrogens with one attached hydrogen (secondary N) is 1. The van der Waals surface area contributed by atoms with E-state index in [2.05, 4.69) is 36.9 Å². The third-order valence-electron chi connectivity index (χ3n) is 5.76. The van der Waals surface area contributed by atoms with Crippen LogP contribution in [0.25, 0.3) is 11.0 Å². The van der Waals surface area contributed by atoms with Gasteiger partial charge < -0.3 is 19.5 Å². The maximum Gasteiger partial charge on any atom is 0.339 e. The quantitative estimate of drug-likeness (QED) is 0.664. The number of esters is 1. The highest BCUT2D eigenvalue weighted by molar-refractivity contribution is 6.29. The van der Waals surface area contributed by atoms with Crippen LogP contribution in [0.2, 0.25) is 5.15 Å². The number of carbonyl (C=O) groups excluding carboxylic acids is 1. The van der Waals surface area contributed by atoms with Gasteiger partial charge in [-0.25, -0.2) is 9.78 Å². The molecular weight excluding hydrogens is 380 g/mol. The summed E-state index contributed by atoms with van der Waals surface area (Å²) in [5, 5.41) is 12.8. The largest absolute Gasteiger partial charge is 0.465 e. The standard InChI is InChI=1S/C19H19ClN6O2/c1-19-7-13(9-26(19)14-6-15(20)23-24-16(14)22-10-19)25-4-3-11-5-12(18(27)28-2)8-21-17(11)25/h3-6,8,13H,7,9-10H2,1-2H3,(H,22,24)/t13-,19+/m1/s1. The number of nitrogens with zero attached hydrogens (tertiary/aromatic N) is 5. The number of anilines is 2. The number of aromatic nitrogens is 4. The summed E-state index contributed by atoms with van der Waals surface area (Å²) in [7, 11) is 1.37. The molecule has 0 unspecified atom stereocenters. The van der Waals surface area contributed by atoms with E-state index in [-0.39, 0.29) is 17.6 Å². The molecule has 0 spiro atoms. The smallest absolute Gasteiger partial charge is 0.339 e. The fourth-order valence-corrected chi connectivity index (χ4v) is 4.53. The van der Waals surface area contributed by atoms with Gasteiger partial charge in [0.1, 0.15) is 5.65 Å². The van der Waals surface area contributed by atoms with Crippen LogP contribution in [0, 0.1) is 0 Å². The molecule has 2 atom stereocenters. The molecule has 0 amide bonds. The molecule has 8 nitrogen and oxygen atoms in total. The average molecular weight is 399 g/mol. The summed E-state index contributed by atoms with van der Waals surface area (Å²) in [6.45, 7) is 3.84.